The number of carboxylic acids is 1. The minimum absolute atomic E-state index is 0.0406. The van der Waals surface area contributed by atoms with Crippen LogP contribution < -0.4 is 0 Å². The molecule has 1 aromatic rings. The van der Waals surface area contributed by atoms with Gasteiger partial charge in [0.25, 0.3) is 0 Å². The van der Waals surface area contributed by atoms with Gasteiger partial charge in [0.1, 0.15) is 5.69 Å². The maximum absolute atomic E-state index is 10.5. The van der Waals surface area contributed by atoms with Crippen molar-refractivity contribution in [2.24, 2.45) is 0 Å². The standard InChI is InChI=1S/C7H10N2O3/c10-5-1-4-9-6(7(11)12)2-3-8-9/h2-3,10H,1,4-5H2,(H,11,12). The van der Waals surface area contributed by atoms with E-state index < -0.39 is 5.97 Å². The first-order chi connectivity index (χ1) is 5.75. The van der Waals surface area contributed by atoms with Crippen molar-refractivity contribution in [3.8, 4) is 0 Å². The van der Waals surface area contributed by atoms with Crippen LogP contribution in [-0.4, -0.2) is 32.6 Å². The zero-order valence-corrected chi connectivity index (χ0v) is 6.47. The Labute approximate surface area is 69.2 Å². The summed E-state index contributed by atoms with van der Waals surface area (Å²) in [4.78, 5) is 10.5. The van der Waals surface area contributed by atoms with Crippen molar-refractivity contribution in [1.29, 1.82) is 0 Å². The lowest BCUT2D eigenvalue weighted by Crippen LogP contribution is -2.10. The summed E-state index contributed by atoms with van der Waals surface area (Å²) in [6, 6.07) is 1.43. The number of rotatable bonds is 4. The van der Waals surface area contributed by atoms with E-state index >= 15 is 0 Å². The van der Waals surface area contributed by atoms with Crippen LogP contribution in [0, 0.1) is 0 Å². The van der Waals surface area contributed by atoms with Crippen LogP contribution in [0.25, 0.3) is 0 Å². The van der Waals surface area contributed by atoms with Crippen LogP contribution in [0.5, 0.6) is 0 Å². The van der Waals surface area contributed by atoms with Crippen molar-refractivity contribution in [1.82, 2.24) is 9.78 Å². The van der Waals surface area contributed by atoms with Crippen LogP contribution in [0.2, 0.25) is 0 Å². The molecule has 0 fully saturated rings. The highest BCUT2D eigenvalue weighted by molar-refractivity contribution is 5.85. The molecule has 0 amide bonds. The van der Waals surface area contributed by atoms with E-state index in [0.717, 1.165) is 0 Å². The lowest BCUT2D eigenvalue weighted by Gasteiger charge is -2.01. The Kier molecular flexibility index (Phi) is 2.82. The first kappa shape index (κ1) is 8.73. The molecule has 66 valence electrons. The molecule has 1 aromatic heterocycles. The molecule has 0 aromatic carbocycles. The Morgan fingerprint density at radius 3 is 3.00 bits per heavy atom. The normalized spacial score (nSPS) is 10.1. The second-order valence-corrected chi connectivity index (χ2v) is 2.32. The Balaban J connectivity index is 2.70. The first-order valence-corrected chi connectivity index (χ1v) is 3.61. The summed E-state index contributed by atoms with van der Waals surface area (Å²) in [7, 11) is 0. The van der Waals surface area contributed by atoms with Gasteiger partial charge in [0, 0.05) is 19.3 Å². The van der Waals surface area contributed by atoms with Crippen LogP contribution in [0.1, 0.15) is 16.9 Å². The summed E-state index contributed by atoms with van der Waals surface area (Å²) in [5.74, 6) is -0.995. The second-order valence-electron chi connectivity index (χ2n) is 2.32. The van der Waals surface area contributed by atoms with Gasteiger partial charge in [-0.25, -0.2) is 4.79 Å². The molecule has 0 aliphatic heterocycles. The summed E-state index contributed by atoms with van der Waals surface area (Å²) in [6.07, 6.45) is 1.95. The van der Waals surface area contributed by atoms with Gasteiger partial charge in [-0.3, -0.25) is 4.68 Å². The fourth-order valence-electron chi connectivity index (χ4n) is 0.913. The number of hydrogen-bond acceptors (Lipinski definition) is 3. The lowest BCUT2D eigenvalue weighted by molar-refractivity contribution is 0.0682. The Bertz CT molecular complexity index is 269. The van der Waals surface area contributed by atoms with Gasteiger partial charge in [-0.1, -0.05) is 0 Å². The molecule has 0 saturated carbocycles. The van der Waals surface area contributed by atoms with Crippen molar-refractivity contribution >= 4 is 5.97 Å². The highest BCUT2D eigenvalue weighted by Crippen LogP contribution is 1.99. The van der Waals surface area contributed by atoms with E-state index in [4.69, 9.17) is 10.2 Å². The van der Waals surface area contributed by atoms with E-state index in [2.05, 4.69) is 5.10 Å². The van der Waals surface area contributed by atoms with Crippen molar-refractivity contribution in [3.63, 3.8) is 0 Å². The van der Waals surface area contributed by atoms with Crippen molar-refractivity contribution in [3.05, 3.63) is 18.0 Å². The molecule has 1 heterocycles. The topological polar surface area (TPSA) is 75.3 Å². The zero-order chi connectivity index (χ0) is 8.97. The SMILES string of the molecule is O=C(O)c1ccnn1CCCO. The summed E-state index contributed by atoms with van der Waals surface area (Å²) in [5, 5.41) is 20.9. The predicted molar refractivity (Wildman–Crippen MR) is 40.9 cm³/mol. The number of hydrogen-bond donors (Lipinski definition) is 2. The fourth-order valence-corrected chi connectivity index (χ4v) is 0.913. The van der Waals surface area contributed by atoms with Crippen LogP contribution in [0.15, 0.2) is 12.3 Å². The van der Waals surface area contributed by atoms with Crippen LogP contribution >= 0.6 is 0 Å². The van der Waals surface area contributed by atoms with Gasteiger partial charge in [0.2, 0.25) is 0 Å². The third-order valence-corrected chi connectivity index (χ3v) is 1.46. The Hall–Kier alpha value is -1.36. The molecule has 0 unspecified atom stereocenters. The van der Waals surface area contributed by atoms with Gasteiger partial charge in [-0.05, 0) is 12.5 Å². The molecular weight excluding hydrogens is 160 g/mol. The van der Waals surface area contributed by atoms with Gasteiger partial charge in [-0.2, -0.15) is 5.10 Å². The van der Waals surface area contributed by atoms with E-state index in [0.29, 0.717) is 13.0 Å². The third kappa shape index (κ3) is 1.82. The van der Waals surface area contributed by atoms with E-state index in [1.165, 1.54) is 16.9 Å². The molecule has 0 atom stereocenters. The monoisotopic (exact) mass is 170 g/mol. The number of nitrogens with zero attached hydrogens (tertiary/aromatic N) is 2. The first-order valence-electron chi connectivity index (χ1n) is 3.61. The molecule has 12 heavy (non-hydrogen) atoms. The van der Waals surface area contributed by atoms with Crippen molar-refractivity contribution in [2.45, 2.75) is 13.0 Å². The molecule has 0 aliphatic carbocycles. The summed E-state index contributed by atoms with van der Waals surface area (Å²) in [5.41, 5.74) is 0.156. The fraction of sp³-hybridized carbons (Fsp3) is 0.429. The maximum Gasteiger partial charge on any atom is 0.354 e. The number of aliphatic hydroxyl groups excluding tert-OH is 1. The summed E-state index contributed by atoms with van der Waals surface area (Å²) in [6.45, 7) is 0.476. The van der Waals surface area contributed by atoms with Crippen molar-refractivity contribution < 1.29 is 15.0 Å². The highest BCUT2D eigenvalue weighted by atomic mass is 16.4. The number of carbonyl (C=O) groups is 1. The molecule has 0 radical (unpaired) electrons. The maximum atomic E-state index is 10.5. The van der Waals surface area contributed by atoms with Gasteiger partial charge >= 0.3 is 5.97 Å². The van der Waals surface area contributed by atoms with Gasteiger partial charge in [-0.15, -0.1) is 0 Å². The minimum atomic E-state index is -0.995. The predicted octanol–water partition coefficient (Wildman–Crippen LogP) is -0.0363. The summed E-state index contributed by atoms with van der Waals surface area (Å²) < 4.78 is 1.36. The van der Waals surface area contributed by atoms with Crippen LogP contribution in [0.4, 0.5) is 0 Å². The van der Waals surface area contributed by atoms with Crippen molar-refractivity contribution in [2.75, 3.05) is 6.61 Å². The smallest absolute Gasteiger partial charge is 0.354 e. The Morgan fingerprint density at radius 1 is 1.67 bits per heavy atom. The molecule has 5 nitrogen and oxygen atoms in total. The average Bonchev–Trinajstić information content (AvgIpc) is 2.48. The number of aromatic carboxylic acids is 1. The van der Waals surface area contributed by atoms with Crippen LogP contribution in [-0.2, 0) is 6.54 Å². The minimum Gasteiger partial charge on any atom is -0.477 e. The van der Waals surface area contributed by atoms with E-state index in [1.807, 2.05) is 0 Å². The largest absolute Gasteiger partial charge is 0.477 e. The van der Waals surface area contributed by atoms with Gasteiger partial charge in [0.15, 0.2) is 0 Å². The molecule has 5 heteroatoms. The molecule has 2 N–H and O–H groups in total. The molecule has 0 aliphatic rings. The molecule has 1 rings (SSSR count). The summed E-state index contributed by atoms with van der Waals surface area (Å²) >= 11 is 0. The Morgan fingerprint density at radius 2 is 2.42 bits per heavy atom. The number of aliphatic hydroxyl groups is 1. The van der Waals surface area contributed by atoms with E-state index in [-0.39, 0.29) is 12.3 Å². The van der Waals surface area contributed by atoms with E-state index in [1.54, 1.807) is 0 Å². The quantitative estimate of drug-likeness (QED) is 0.665. The zero-order valence-electron chi connectivity index (χ0n) is 6.47. The number of carboxylic acid groups (broad SMARTS) is 1. The number of aromatic nitrogens is 2. The molecule has 0 spiro atoms. The van der Waals surface area contributed by atoms with E-state index in [9.17, 15) is 4.79 Å². The highest BCUT2D eigenvalue weighted by Gasteiger charge is 2.08. The average molecular weight is 170 g/mol. The molecule has 0 bridgehead atoms. The third-order valence-electron chi connectivity index (χ3n) is 1.46. The van der Waals surface area contributed by atoms with Gasteiger partial charge < -0.3 is 10.2 Å². The molecular formula is C7H10N2O3. The van der Waals surface area contributed by atoms with Crippen LogP contribution in [0.3, 0.4) is 0 Å². The lowest BCUT2D eigenvalue weighted by atomic mass is 10.4. The second kappa shape index (κ2) is 3.87. The van der Waals surface area contributed by atoms with Gasteiger partial charge in [0.05, 0.1) is 0 Å². The number of aryl methyl sites for hydroxylation is 1. The molecule has 0 saturated heterocycles.